The molecule has 0 aliphatic carbocycles. The van der Waals surface area contributed by atoms with Crippen molar-refractivity contribution in [2.24, 2.45) is 0 Å². The Morgan fingerprint density at radius 1 is 1.47 bits per heavy atom. The zero-order valence-corrected chi connectivity index (χ0v) is 11.7. The summed E-state index contributed by atoms with van der Waals surface area (Å²) in [5.74, 6) is -0.231. The lowest BCUT2D eigenvalue weighted by atomic mass is 10.1. The average molecular weight is 281 g/mol. The van der Waals surface area contributed by atoms with Gasteiger partial charge in [-0.3, -0.25) is 0 Å². The zero-order chi connectivity index (χ0) is 13.8. The molecule has 0 amide bonds. The lowest BCUT2D eigenvalue weighted by Gasteiger charge is -2.09. The highest BCUT2D eigenvalue weighted by molar-refractivity contribution is 7.09. The van der Waals surface area contributed by atoms with Crippen LogP contribution in [0.15, 0.2) is 23.7 Å². The molecular formula is C14H16FNO2S. The summed E-state index contributed by atoms with van der Waals surface area (Å²) < 4.78 is 19.1. The van der Waals surface area contributed by atoms with Crippen LogP contribution in [0, 0.1) is 12.7 Å². The van der Waals surface area contributed by atoms with Crippen LogP contribution in [0.25, 0.3) is 0 Å². The topological polar surface area (TPSA) is 42.4 Å². The molecule has 0 unspecified atom stereocenters. The van der Waals surface area contributed by atoms with E-state index in [0.29, 0.717) is 18.6 Å². The van der Waals surface area contributed by atoms with Gasteiger partial charge in [-0.15, -0.1) is 11.3 Å². The second kappa shape index (κ2) is 6.12. The Hall–Kier alpha value is -1.46. The molecule has 0 radical (unpaired) electrons. The summed E-state index contributed by atoms with van der Waals surface area (Å²) in [6, 6.07) is 4.52. The average Bonchev–Trinajstić information content (AvgIpc) is 2.77. The highest BCUT2D eigenvalue weighted by atomic mass is 32.1. The molecule has 0 bridgehead atoms. The van der Waals surface area contributed by atoms with Crippen LogP contribution in [0.4, 0.5) is 4.39 Å². The number of halogens is 1. The minimum absolute atomic E-state index is 0.214. The molecule has 0 saturated heterocycles. The third-order valence-corrected chi connectivity index (χ3v) is 3.86. The molecule has 0 spiro atoms. The van der Waals surface area contributed by atoms with Crippen molar-refractivity contribution < 1.29 is 14.2 Å². The van der Waals surface area contributed by atoms with Gasteiger partial charge in [0.1, 0.15) is 0 Å². The minimum atomic E-state index is -0.677. The predicted molar refractivity (Wildman–Crippen MR) is 73.1 cm³/mol. The van der Waals surface area contributed by atoms with E-state index in [1.165, 1.54) is 6.07 Å². The highest BCUT2D eigenvalue weighted by Crippen LogP contribution is 2.22. The van der Waals surface area contributed by atoms with E-state index in [1.807, 2.05) is 6.92 Å². The third-order valence-electron chi connectivity index (χ3n) is 2.87. The van der Waals surface area contributed by atoms with E-state index in [1.54, 1.807) is 35.9 Å². The molecule has 0 saturated carbocycles. The van der Waals surface area contributed by atoms with Crippen molar-refractivity contribution in [3.63, 3.8) is 0 Å². The maximum Gasteiger partial charge on any atom is 0.165 e. The van der Waals surface area contributed by atoms with Crippen LogP contribution in [0.2, 0.25) is 0 Å². The number of aliphatic hydroxyl groups excluding tert-OH is 1. The summed E-state index contributed by atoms with van der Waals surface area (Å²) in [6.45, 7) is 3.96. The van der Waals surface area contributed by atoms with Crippen molar-refractivity contribution in [2.75, 3.05) is 6.61 Å². The van der Waals surface area contributed by atoms with E-state index in [4.69, 9.17) is 4.74 Å². The Kier molecular flexibility index (Phi) is 4.50. The van der Waals surface area contributed by atoms with E-state index in [9.17, 15) is 9.50 Å². The molecule has 19 heavy (non-hydrogen) atoms. The van der Waals surface area contributed by atoms with Gasteiger partial charge in [0, 0.05) is 11.3 Å². The second-order valence-electron chi connectivity index (χ2n) is 4.33. The normalized spacial score (nSPS) is 12.4. The number of thiazole rings is 1. The van der Waals surface area contributed by atoms with Crippen molar-refractivity contribution in [3.8, 4) is 5.75 Å². The summed E-state index contributed by atoms with van der Waals surface area (Å²) in [5.41, 5.74) is 3.34. The maximum atomic E-state index is 13.7. The Balaban J connectivity index is 1.95. The van der Waals surface area contributed by atoms with Crippen molar-refractivity contribution in [1.82, 2.24) is 4.98 Å². The second-order valence-corrected chi connectivity index (χ2v) is 5.26. The predicted octanol–water partition coefficient (Wildman–Crippen LogP) is 3.27. The van der Waals surface area contributed by atoms with Gasteiger partial charge >= 0.3 is 0 Å². The first-order chi connectivity index (χ1) is 9.08. The maximum absolute atomic E-state index is 13.7. The fraction of sp³-hybridized carbons (Fsp3) is 0.357. The van der Waals surface area contributed by atoms with Gasteiger partial charge in [0.05, 0.1) is 23.9 Å². The van der Waals surface area contributed by atoms with E-state index in [2.05, 4.69) is 4.98 Å². The van der Waals surface area contributed by atoms with Crippen LogP contribution >= 0.6 is 11.3 Å². The van der Waals surface area contributed by atoms with Crippen molar-refractivity contribution in [2.45, 2.75) is 26.4 Å². The van der Waals surface area contributed by atoms with Gasteiger partial charge in [0.15, 0.2) is 11.6 Å². The largest absolute Gasteiger partial charge is 0.490 e. The molecule has 1 aromatic carbocycles. The van der Waals surface area contributed by atoms with E-state index < -0.39 is 11.9 Å². The molecular weight excluding hydrogens is 265 g/mol. The Bertz CT molecular complexity index is 554. The molecule has 5 heteroatoms. The molecule has 2 rings (SSSR count). The number of hydrogen-bond acceptors (Lipinski definition) is 4. The number of nitrogens with zero attached hydrogens (tertiary/aromatic N) is 1. The van der Waals surface area contributed by atoms with Gasteiger partial charge in [-0.05, 0) is 31.5 Å². The third kappa shape index (κ3) is 3.52. The Labute approximate surface area is 115 Å². The van der Waals surface area contributed by atoms with Crippen LogP contribution in [0.3, 0.4) is 0 Å². The fourth-order valence-corrected chi connectivity index (χ4v) is 2.48. The monoisotopic (exact) mass is 281 g/mol. The first-order valence-corrected chi connectivity index (χ1v) is 6.95. The number of aromatic nitrogens is 1. The number of aryl methyl sites for hydroxylation is 1. The molecule has 0 aliphatic heterocycles. The smallest absolute Gasteiger partial charge is 0.165 e. The lowest BCUT2D eigenvalue weighted by molar-refractivity contribution is 0.198. The van der Waals surface area contributed by atoms with Crippen molar-refractivity contribution in [3.05, 3.63) is 45.7 Å². The lowest BCUT2D eigenvalue weighted by Crippen LogP contribution is -2.03. The summed E-state index contributed by atoms with van der Waals surface area (Å²) >= 11 is 1.58. The van der Waals surface area contributed by atoms with Gasteiger partial charge in [-0.2, -0.15) is 0 Å². The summed E-state index contributed by atoms with van der Waals surface area (Å²) in [5, 5.41) is 9.36. The first-order valence-electron chi connectivity index (χ1n) is 6.07. The number of ether oxygens (including phenoxy) is 1. The standard InChI is InChI=1S/C14H16FNO2S/c1-9-14(19-8-16-9)5-6-18-13-4-3-11(10(2)17)7-12(13)15/h3-4,7-8,10,17H,5-6H2,1-2H3/t10-/m0/s1. The number of rotatable bonds is 5. The fourth-order valence-electron chi connectivity index (χ4n) is 1.71. The van der Waals surface area contributed by atoms with Gasteiger partial charge in [-0.25, -0.2) is 9.37 Å². The van der Waals surface area contributed by atoms with Gasteiger partial charge in [0.25, 0.3) is 0 Å². The van der Waals surface area contributed by atoms with Crippen LogP contribution in [-0.2, 0) is 6.42 Å². The van der Waals surface area contributed by atoms with E-state index >= 15 is 0 Å². The quantitative estimate of drug-likeness (QED) is 0.914. The highest BCUT2D eigenvalue weighted by Gasteiger charge is 2.08. The number of benzene rings is 1. The summed E-state index contributed by atoms with van der Waals surface area (Å²) in [4.78, 5) is 5.31. The number of aliphatic hydroxyl groups is 1. The molecule has 0 aliphatic rings. The van der Waals surface area contributed by atoms with Crippen molar-refractivity contribution in [1.29, 1.82) is 0 Å². The van der Waals surface area contributed by atoms with Crippen LogP contribution in [0.5, 0.6) is 5.75 Å². The Morgan fingerprint density at radius 3 is 2.84 bits per heavy atom. The van der Waals surface area contributed by atoms with Crippen LogP contribution < -0.4 is 4.74 Å². The summed E-state index contributed by atoms with van der Waals surface area (Å²) in [7, 11) is 0. The number of hydrogen-bond donors (Lipinski definition) is 1. The zero-order valence-electron chi connectivity index (χ0n) is 10.9. The first kappa shape index (κ1) is 14.0. The molecule has 2 aromatic rings. The molecule has 1 heterocycles. The van der Waals surface area contributed by atoms with E-state index in [0.717, 1.165) is 10.6 Å². The van der Waals surface area contributed by atoms with E-state index in [-0.39, 0.29) is 5.75 Å². The Morgan fingerprint density at radius 2 is 2.26 bits per heavy atom. The van der Waals surface area contributed by atoms with Crippen LogP contribution in [-0.4, -0.2) is 16.7 Å². The van der Waals surface area contributed by atoms with Gasteiger partial charge in [-0.1, -0.05) is 6.07 Å². The summed E-state index contributed by atoms with van der Waals surface area (Å²) in [6.07, 6.45) is 0.0389. The molecule has 1 atom stereocenters. The van der Waals surface area contributed by atoms with Gasteiger partial charge in [0.2, 0.25) is 0 Å². The minimum Gasteiger partial charge on any atom is -0.490 e. The van der Waals surface area contributed by atoms with Gasteiger partial charge < -0.3 is 9.84 Å². The molecule has 3 nitrogen and oxygen atoms in total. The van der Waals surface area contributed by atoms with Crippen molar-refractivity contribution >= 4 is 11.3 Å². The van der Waals surface area contributed by atoms with Crippen LogP contribution in [0.1, 0.15) is 29.2 Å². The molecule has 1 N–H and O–H groups in total. The molecule has 0 fully saturated rings. The molecule has 1 aromatic heterocycles. The SMILES string of the molecule is Cc1ncsc1CCOc1ccc([C@H](C)O)cc1F. The molecule has 102 valence electrons.